The molecule has 0 saturated heterocycles. The van der Waals surface area contributed by atoms with Crippen molar-refractivity contribution in [3.05, 3.63) is 41.7 Å². The SMILES string of the molecule is C/C=C/C(=O)c1ccc(F)c(OC)c1. The first-order valence-electron chi connectivity index (χ1n) is 4.19. The Morgan fingerprint density at radius 3 is 2.79 bits per heavy atom. The minimum absolute atomic E-state index is 0.0837. The highest BCUT2D eigenvalue weighted by Crippen LogP contribution is 2.18. The second kappa shape index (κ2) is 4.56. The lowest BCUT2D eigenvalue weighted by Gasteiger charge is -2.02. The Morgan fingerprint density at radius 1 is 1.50 bits per heavy atom. The fraction of sp³-hybridized carbons (Fsp3) is 0.182. The summed E-state index contributed by atoms with van der Waals surface area (Å²) in [5, 5.41) is 0. The van der Waals surface area contributed by atoms with Crippen LogP contribution in [0.15, 0.2) is 30.4 Å². The summed E-state index contributed by atoms with van der Waals surface area (Å²) >= 11 is 0. The first-order chi connectivity index (χ1) is 6.69. The summed E-state index contributed by atoms with van der Waals surface area (Å²) in [6.45, 7) is 1.75. The van der Waals surface area contributed by atoms with Gasteiger partial charge in [-0.25, -0.2) is 4.39 Å². The van der Waals surface area contributed by atoms with E-state index in [2.05, 4.69) is 0 Å². The first-order valence-corrected chi connectivity index (χ1v) is 4.19. The third-order valence-electron chi connectivity index (χ3n) is 1.75. The molecule has 2 nitrogen and oxygen atoms in total. The molecule has 14 heavy (non-hydrogen) atoms. The van der Waals surface area contributed by atoms with Gasteiger partial charge in [0.25, 0.3) is 0 Å². The Balaban J connectivity index is 3.06. The number of ether oxygens (including phenoxy) is 1. The highest BCUT2D eigenvalue weighted by atomic mass is 19.1. The van der Waals surface area contributed by atoms with Crippen LogP contribution < -0.4 is 4.74 Å². The third-order valence-corrected chi connectivity index (χ3v) is 1.75. The van der Waals surface area contributed by atoms with Crippen molar-refractivity contribution in [1.29, 1.82) is 0 Å². The summed E-state index contributed by atoms with van der Waals surface area (Å²) < 4.78 is 17.7. The summed E-state index contributed by atoms with van der Waals surface area (Å²) in [5.74, 6) is -0.546. The maximum Gasteiger partial charge on any atom is 0.185 e. The zero-order valence-electron chi connectivity index (χ0n) is 8.08. The number of carbonyl (C=O) groups excluding carboxylic acids is 1. The van der Waals surface area contributed by atoms with Gasteiger partial charge in [0.05, 0.1) is 7.11 Å². The molecule has 0 aliphatic rings. The van der Waals surface area contributed by atoms with Gasteiger partial charge in [-0.1, -0.05) is 6.08 Å². The van der Waals surface area contributed by atoms with Crippen molar-refractivity contribution in [3.8, 4) is 5.75 Å². The minimum Gasteiger partial charge on any atom is -0.494 e. The minimum atomic E-state index is -0.468. The number of rotatable bonds is 3. The molecular weight excluding hydrogens is 183 g/mol. The Kier molecular flexibility index (Phi) is 3.40. The highest BCUT2D eigenvalue weighted by Gasteiger charge is 2.07. The van der Waals surface area contributed by atoms with E-state index in [0.717, 1.165) is 0 Å². The number of benzene rings is 1. The number of carbonyl (C=O) groups is 1. The van der Waals surface area contributed by atoms with Gasteiger partial charge in [-0.3, -0.25) is 4.79 Å². The Bertz CT molecular complexity index is 370. The van der Waals surface area contributed by atoms with Crippen molar-refractivity contribution in [2.75, 3.05) is 7.11 Å². The van der Waals surface area contributed by atoms with Crippen molar-refractivity contribution in [3.63, 3.8) is 0 Å². The lowest BCUT2D eigenvalue weighted by atomic mass is 10.1. The molecule has 0 atom stereocenters. The standard InChI is InChI=1S/C11H11FO2/c1-3-4-10(13)8-5-6-9(12)11(7-8)14-2/h3-7H,1-2H3/b4-3+. The van der Waals surface area contributed by atoms with E-state index in [9.17, 15) is 9.18 Å². The number of halogens is 1. The number of hydrogen-bond donors (Lipinski definition) is 0. The van der Waals surface area contributed by atoms with E-state index in [1.807, 2.05) is 0 Å². The van der Waals surface area contributed by atoms with Crippen LogP contribution in [-0.2, 0) is 0 Å². The fourth-order valence-corrected chi connectivity index (χ4v) is 1.06. The molecule has 0 spiro atoms. The van der Waals surface area contributed by atoms with Crippen molar-refractivity contribution in [1.82, 2.24) is 0 Å². The van der Waals surface area contributed by atoms with E-state index >= 15 is 0 Å². The summed E-state index contributed by atoms with van der Waals surface area (Å²) in [6, 6.07) is 4.04. The molecule has 1 aromatic carbocycles. The molecule has 0 fully saturated rings. The zero-order chi connectivity index (χ0) is 10.6. The van der Waals surface area contributed by atoms with Crippen LogP contribution in [0.3, 0.4) is 0 Å². The Morgan fingerprint density at radius 2 is 2.21 bits per heavy atom. The fourth-order valence-electron chi connectivity index (χ4n) is 1.06. The van der Waals surface area contributed by atoms with Crippen LogP contribution >= 0.6 is 0 Å². The molecule has 0 amide bonds. The molecule has 0 bridgehead atoms. The van der Waals surface area contributed by atoms with Crippen molar-refractivity contribution < 1.29 is 13.9 Å². The largest absolute Gasteiger partial charge is 0.494 e. The second-order valence-corrected chi connectivity index (χ2v) is 2.71. The van der Waals surface area contributed by atoms with Gasteiger partial charge in [-0.15, -0.1) is 0 Å². The maximum absolute atomic E-state index is 13.0. The Hall–Kier alpha value is -1.64. The van der Waals surface area contributed by atoms with Gasteiger partial charge >= 0.3 is 0 Å². The van der Waals surface area contributed by atoms with Crippen molar-refractivity contribution >= 4 is 5.78 Å². The van der Waals surface area contributed by atoms with E-state index in [0.29, 0.717) is 5.56 Å². The van der Waals surface area contributed by atoms with Gasteiger partial charge in [-0.05, 0) is 31.2 Å². The topological polar surface area (TPSA) is 26.3 Å². The number of ketones is 1. The smallest absolute Gasteiger partial charge is 0.185 e. The predicted octanol–water partition coefficient (Wildman–Crippen LogP) is 2.59. The van der Waals surface area contributed by atoms with Crippen molar-refractivity contribution in [2.24, 2.45) is 0 Å². The molecular formula is C11H11FO2. The molecule has 0 radical (unpaired) electrons. The zero-order valence-corrected chi connectivity index (χ0v) is 8.08. The van der Waals surface area contributed by atoms with E-state index in [-0.39, 0.29) is 11.5 Å². The van der Waals surface area contributed by atoms with Crippen LogP contribution in [0, 0.1) is 5.82 Å². The molecule has 1 rings (SSSR count). The van der Waals surface area contributed by atoms with Gasteiger partial charge in [-0.2, -0.15) is 0 Å². The van der Waals surface area contributed by atoms with E-state index in [1.165, 1.54) is 31.4 Å². The van der Waals surface area contributed by atoms with E-state index < -0.39 is 5.82 Å². The third kappa shape index (κ3) is 2.19. The van der Waals surface area contributed by atoms with Gasteiger partial charge in [0, 0.05) is 5.56 Å². The van der Waals surface area contributed by atoms with E-state index in [1.54, 1.807) is 13.0 Å². The normalized spacial score (nSPS) is 10.5. The molecule has 0 saturated carbocycles. The average Bonchev–Trinajstić information content (AvgIpc) is 2.19. The molecule has 0 heterocycles. The molecule has 1 aromatic rings. The quantitative estimate of drug-likeness (QED) is 0.546. The molecule has 3 heteroatoms. The Labute approximate surface area is 82.0 Å². The van der Waals surface area contributed by atoms with Crippen LogP contribution in [0.5, 0.6) is 5.75 Å². The summed E-state index contributed by atoms with van der Waals surface area (Å²) in [7, 11) is 1.36. The average molecular weight is 194 g/mol. The van der Waals surface area contributed by atoms with Gasteiger partial charge < -0.3 is 4.74 Å². The number of hydrogen-bond acceptors (Lipinski definition) is 2. The number of allylic oxidation sites excluding steroid dienone is 2. The first kappa shape index (κ1) is 10.4. The monoisotopic (exact) mass is 194 g/mol. The van der Waals surface area contributed by atoms with Crippen LogP contribution in [0.4, 0.5) is 4.39 Å². The van der Waals surface area contributed by atoms with Crippen molar-refractivity contribution in [2.45, 2.75) is 6.92 Å². The predicted molar refractivity (Wildman–Crippen MR) is 52.1 cm³/mol. The lowest BCUT2D eigenvalue weighted by molar-refractivity contribution is 0.104. The second-order valence-electron chi connectivity index (χ2n) is 2.71. The lowest BCUT2D eigenvalue weighted by Crippen LogP contribution is -1.96. The molecule has 0 aliphatic carbocycles. The molecule has 0 aliphatic heterocycles. The maximum atomic E-state index is 13.0. The van der Waals surface area contributed by atoms with Crippen LogP contribution in [0.25, 0.3) is 0 Å². The van der Waals surface area contributed by atoms with Gasteiger partial charge in [0.2, 0.25) is 0 Å². The van der Waals surface area contributed by atoms with Crippen LogP contribution in [-0.4, -0.2) is 12.9 Å². The van der Waals surface area contributed by atoms with Crippen LogP contribution in [0.2, 0.25) is 0 Å². The number of methoxy groups -OCH3 is 1. The summed E-state index contributed by atoms with van der Waals surface area (Å²) in [5.41, 5.74) is 0.418. The van der Waals surface area contributed by atoms with Gasteiger partial charge in [0.1, 0.15) is 0 Å². The summed E-state index contributed by atoms with van der Waals surface area (Å²) in [4.78, 5) is 11.4. The van der Waals surface area contributed by atoms with Gasteiger partial charge in [0.15, 0.2) is 17.3 Å². The molecule has 0 aromatic heterocycles. The van der Waals surface area contributed by atoms with Crippen LogP contribution in [0.1, 0.15) is 17.3 Å². The molecule has 0 unspecified atom stereocenters. The highest BCUT2D eigenvalue weighted by molar-refractivity contribution is 6.04. The van der Waals surface area contributed by atoms with E-state index in [4.69, 9.17) is 4.74 Å². The molecule has 74 valence electrons. The molecule has 0 N–H and O–H groups in total. The summed E-state index contributed by atoms with van der Waals surface area (Å²) in [6.07, 6.45) is 3.06.